The van der Waals surface area contributed by atoms with Crippen molar-refractivity contribution >= 4 is 22.5 Å². The van der Waals surface area contributed by atoms with Crippen LogP contribution in [-0.2, 0) is 0 Å². The number of anilines is 2. The van der Waals surface area contributed by atoms with Gasteiger partial charge < -0.3 is 15.5 Å². The third kappa shape index (κ3) is 5.27. The maximum atomic E-state index is 4.51. The highest BCUT2D eigenvalue weighted by atomic mass is 15.1. The molecule has 2 N–H and O–H groups in total. The van der Waals surface area contributed by atoms with E-state index in [1.807, 2.05) is 6.20 Å². The standard InChI is InChI=1S/C20H32N6/c1-15-6-8-16(9-7-15)25-20-17-12-19(21-10-4-5-11-26(2)3)22-13-18(17)23-14-24-20/h12-16H,4-11H2,1-3H3,(H,21,22)(H,23,24,25). The van der Waals surface area contributed by atoms with Crippen LogP contribution in [0, 0.1) is 5.92 Å². The molecule has 0 bridgehead atoms. The molecule has 1 saturated carbocycles. The Morgan fingerprint density at radius 3 is 2.65 bits per heavy atom. The van der Waals surface area contributed by atoms with Gasteiger partial charge in [0.2, 0.25) is 0 Å². The molecule has 2 aromatic heterocycles. The number of pyridine rings is 1. The van der Waals surface area contributed by atoms with Crippen LogP contribution in [0.3, 0.4) is 0 Å². The number of nitrogens with zero attached hydrogens (tertiary/aromatic N) is 4. The maximum Gasteiger partial charge on any atom is 0.137 e. The third-order valence-corrected chi connectivity index (χ3v) is 5.22. The molecule has 2 heterocycles. The highest BCUT2D eigenvalue weighted by Crippen LogP contribution is 2.28. The summed E-state index contributed by atoms with van der Waals surface area (Å²) in [5.74, 6) is 2.69. The molecule has 0 aromatic carbocycles. The smallest absolute Gasteiger partial charge is 0.137 e. The SMILES string of the molecule is CC1CCC(Nc2ncnc3cnc(NCCCCN(C)C)cc23)CC1. The van der Waals surface area contributed by atoms with Gasteiger partial charge in [0.15, 0.2) is 0 Å². The first kappa shape index (κ1) is 18.8. The first-order valence-electron chi connectivity index (χ1n) is 9.87. The Labute approximate surface area is 156 Å². The van der Waals surface area contributed by atoms with Crippen molar-refractivity contribution in [2.45, 2.75) is 51.5 Å². The van der Waals surface area contributed by atoms with E-state index in [0.29, 0.717) is 6.04 Å². The van der Waals surface area contributed by atoms with Gasteiger partial charge in [-0.15, -0.1) is 0 Å². The highest BCUT2D eigenvalue weighted by molar-refractivity contribution is 5.90. The lowest BCUT2D eigenvalue weighted by molar-refractivity contribution is 0.361. The molecule has 6 nitrogen and oxygen atoms in total. The van der Waals surface area contributed by atoms with Crippen LogP contribution < -0.4 is 10.6 Å². The molecular weight excluding hydrogens is 324 g/mol. The number of hydrogen-bond donors (Lipinski definition) is 2. The number of unbranched alkanes of at least 4 members (excludes halogenated alkanes) is 1. The van der Waals surface area contributed by atoms with E-state index in [9.17, 15) is 0 Å². The van der Waals surface area contributed by atoms with Crippen LogP contribution in [0.15, 0.2) is 18.6 Å². The molecule has 26 heavy (non-hydrogen) atoms. The summed E-state index contributed by atoms with van der Waals surface area (Å²) in [6, 6.07) is 2.59. The molecule has 0 unspecified atom stereocenters. The van der Waals surface area contributed by atoms with E-state index in [-0.39, 0.29) is 0 Å². The fourth-order valence-electron chi connectivity index (χ4n) is 3.54. The maximum absolute atomic E-state index is 4.51. The van der Waals surface area contributed by atoms with Crippen LogP contribution in [0.1, 0.15) is 45.4 Å². The Hall–Kier alpha value is -1.95. The van der Waals surface area contributed by atoms with Crippen molar-refractivity contribution in [2.75, 3.05) is 37.8 Å². The van der Waals surface area contributed by atoms with Crippen molar-refractivity contribution in [1.82, 2.24) is 19.9 Å². The van der Waals surface area contributed by atoms with Gasteiger partial charge in [0, 0.05) is 18.0 Å². The lowest BCUT2D eigenvalue weighted by Gasteiger charge is -2.27. The van der Waals surface area contributed by atoms with Gasteiger partial charge in [-0.3, -0.25) is 0 Å². The summed E-state index contributed by atoms with van der Waals surface area (Å²) < 4.78 is 0. The van der Waals surface area contributed by atoms with Crippen LogP contribution in [0.4, 0.5) is 11.6 Å². The Morgan fingerprint density at radius 2 is 1.88 bits per heavy atom. The minimum Gasteiger partial charge on any atom is -0.370 e. The van der Waals surface area contributed by atoms with Crippen molar-refractivity contribution in [2.24, 2.45) is 5.92 Å². The topological polar surface area (TPSA) is 66.0 Å². The molecule has 0 atom stereocenters. The summed E-state index contributed by atoms with van der Waals surface area (Å²) in [5.41, 5.74) is 0.893. The van der Waals surface area contributed by atoms with Crippen molar-refractivity contribution in [1.29, 1.82) is 0 Å². The van der Waals surface area contributed by atoms with E-state index >= 15 is 0 Å². The van der Waals surface area contributed by atoms with Crippen molar-refractivity contribution in [3.8, 4) is 0 Å². The molecular formula is C20H32N6. The van der Waals surface area contributed by atoms with Crippen LogP contribution in [-0.4, -0.2) is 53.1 Å². The molecule has 0 spiro atoms. The van der Waals surface area contributed by atoms with Crippen LogP contribution in [0.25, 0.3) is 10.9 Å². The predicted octanol–water partition coefficient (Wildman–Crippen LogP) is 3.77. The molecule has 1 aliphatic rings. The molecule has 6 heteroatoms. The van der Waals surface area contributed by atoms with Crippen LogP contribution >= 0.6 is 0 Å². The quantitative estimate of drug-likeness (QED) is 0.702. The minimum absolute atomic E-state index is 0.514. The van der Waals surface area contributed by atoms with E-state index in [1.165, 1.54) is 32.1 Å². The van der Waals surface area contributed by atoms with Crippen molar-refractivity contribution < 1.29 is 0 Å². The first-order chi connectivity index (χ1) is 12.6. The summed E-state index contributed by atoms with van der Waals surface area (Å²) in [6.07, 6.45) is 10.8. The summed E-state index contributed by atoms with van der Waals surface area (Å²) >= 11 is 0. The molecule has 1 aliphatic carbocycles. The van der Waals surface area contributed by atoms with Crippen molar-refractivity contribution in [3.63, 3.8) is 0 Å². The second-order valence-electron chi connectivity index (χ2n) is 7.85. The zero-order valence-corrected chi connectivity index (χ0v) is 16.3. The molecule has 3 rings (SSSR count). The van der Waals surface area contributed by atoms with Gasteiger partial charge in [-0.2, -0.15) is 0 Å². The Kier molecular flexibility index (Phi) is 6.61. The fourth-order valence-corrected chi connectivity index (χ4v) is 3.54. The number of rotatable bonds is 8. The van der Waals surface area contributed by atoms with E-state index < -0.39 is 0 Å². The summed E-state index contributed by atoms with van der Waals surface area (Å²) in [5, 5.41) is 8.14. The van der Waals surface area contributed by atoms with Gasteiger partial charge in [0.25, 0.3) is 0 Å². The predicted molar refractivity (Wildman–Crippen MR) is 109 cm³/mol. The molecule has 2 aromatic rings. The molecule has 0 saturated heterocycles. The first-order valence-corrected chi connectivity index (χ1v) is 9.87. The molecule has 0 amide bonds. The normalized spacial score (nSPS) is 20.5. The van der Waals surface area contributed by atoms with E-state index in [4.69, 9.17) is 0 Å². The average Bonchev–Trinajstić information content (AvgIpc) is 2.63. The molecule has 142 valence electrons. The van der Waals surface area contributed by atoms with Gasteiger partial charge in [-0.1, -0.05) is 6.92 Å². The summed E-state index contributed by atoms with van der Waals surface area (Å²) in [6.45, 7) is 4.40. The highest BCUT2D eigenvalue weighted by Gasteiger charge is 2.19. The van der Waals surface area contributed by atoms with E-state index in [2.05, 4.69) is 57.6 Å². The largest absolute Gasteiger partial charge is 0.370 e. The van der Waals surface area contributed by atoms with Crippen molar-refractivity contribution in [3.05, 3.63) is 18.6 Å². The fraction of sp³-hybridized carbons (Fsp3) is 0.650. The van der Waals surface area contributed by atoms with E-state index in [1.54, 1.807) is 6.33 Å². The monoisotopic (exact) mass is 356 g/mol. The van der Waals surface area contributed by atoms with Gasteiger partial charge in [-0.05, 0) is 71.1 Å². The van der Waals surface area contributed by atoms with Gasteiger partial charge >= 0.3 is 0 Å². The molecule has 0 radical (unpaired) electrons. The molecule has 1 fully saturated rings. The summed E-state index contributed by atoms with van der Waals surface area (Å²) in [4.78, 5) is 15.6. The second kappa shape index (κ2) is 9.12. The third-order valence-electron chi connectivity index (χ3n) is 5.22. The Bertz CT molecular complexity index is 694. The average molecular weight is 357 g/mol. The zero-order chi connectivity index (χ0) is 18.4. The number of nitrogens with one attached hydrogen (secondary N) is 2. The lowest BCUT2D eigenvalue weighted by atomic mass is 9.87. The number of hydrogen-bond acceptors (Lipinski definition) is 6. The number of aromatic nitrogens is 3. The Balaban J connectivity index is 1.63. The van der Waals surface area contributed by atoms with Crippen LogP contribution in [0.2, 0.25) is 0 Å². The molecule has 0 aliphatic heterocycles. The van der Waals surface area contributed by atoms with Gasteiger partial charge in [0.1, 0.15) is 18.0 Å². The van der Waals surface area contributed by atoms with Gasteiger partial charge in [-0.25, -0.2) is 15.0 Å². The minimum atomic E-state index is 0.514. The second-order valence-corrected chi connectivity index (χ2v) is 7.85. The lowest BCUT2D eigenvalue weighted by Crippen LogP contribution is -2.25. The van der Waals surface area contributed by atoms with Crippen LogP contribution in [0.5, 0.6) is 0 Å². The zero-order valence-electron chi connectivity index (χ0n) is 16.3. The Morgan fingerprint density at radius 1 is 1.08 bits per heavy atom. The van der Waals surface area contributed by atoms with E-state index in [0.717, 1.165) is 48.0 Å². The summed E-state index contributed by atoms with van der Waals surface area (Å²) in [7, 11) is 4.22. The number of fused-ring (bicyclic) bond motifs is 1. The van der Waals surface area contributed by atoms with Gasteiger partial charge in [0.05, 0.1) is 11.7 Å².